The summed E-state index contributed by atoms with van der Waals surface area (Å²) in [6.45, 7) is 1.21. The number of nitrogens with one attached hydrogen (secondary N) is 1. The summed E-state index contributed by atoms with van der Waals surface area (Å²) in [6, 6.07) is 9.52. The zero-order chi connectivity index (χ0) is 23.1. The topological polar surface area (TPSA) is 78.9 Å². The van der Waals surface area contributed by atoms with Gasteiger partial charge in [-0.1, -0.05) is 24.3 Å². The highest BCUT2D eigenvalue weighted by Gasteiger charge is 2.30. The summed E-state index contributed by atoms with van der Waals surface area (Å²) in [7, 11) is 0. The number of amides is 1. The van der Waals surface area contributed by atoms with Gasteiger partial charge in [0.1, 0.15) is 5.75 Å². The average Bonchev–Trinajstić information content (AvgIpc) is 2.74. The quantitative estimate of drug-likeness (QED) is 0.737. The number of aromatic carboxylic acids is 1. The molecular formula is C23H25F3N2O4. The maximum Gasteiger partial charge on any atom is 0.416 e. The molecule has 1 amide bonds. The zero-order valence-electron chi connectivity index (χ0n) is 17.5. The molecule has 172 valence electrons. The summed E-state index contributed by atoms with van der Waals surface area (Å²) in [5, 5.41) is 12.1. The summed E-state index contributed by atoms with van der Waals surface area (Å²) >= 11 is 0. The third-order valence-corrected chi connectivity index (χ3v) is 5.14. The van der Waals surface area contributed by atoms with Crippen LogP contribution in [0.5, 0.6) is 5.75 Å². The van der Waals surface area contributed by atoms with Crippen molar-refractivity contribution in [2.75, 3.05) is 19.7 Å². The maximum absolute atomic E-state index is 13.1. The Labute approximate surface area is 184 Å². The second-order valence-electron chi connectivity index (χ2n) is 7.73. The average molecular weight is 450 g/mol. The van der Waals surface area contributed by atoms with Crippen LogP contribution < -0.4 is 10.1 Å². The Balaban J connectivity index is 1.90. The van der Waals surface area contributed by atoms with E-state index in [2.05, 4.69) is 5.32 Å². The molecule has 0 unspecified atom stereocenters. The number of fused-ring (bicyclic) bond motifs is 1. The van der Waals surface area contributed by atoms with Gasteiger partial charge in [0.2, 0.25) is 5.91 Å². The van der Waals surface area contributed by atoms with Crippen molar-refractivity contribution in [1.29, 1.82) is 0 Å². The van der Waals surface area contributed by atoms with Gasteiger partial charge >= 0.3 is 12.1 Å². The first-order valence-electron chi connectivity index (χ1n) is 10.4. The van der Waals surface area contributed by atoms with Gasteiger partial charge in [-0.05, 0) is 43.0 Å². The van der Waals surface area contributed by atoms with Crippen LogP contribution in [0.15, 0.2) is 42.5 Å². The number of hydrogen-bond acceptors (Lipinski definition) is 4. The minimum absolute atomic E-state index is 0.0175. The van der Waals surface area contributed by atoms with Crippen LogP contribution in [0.25, 0.3) is 0 Å². The van der Waals surface area contributed by atoms with Gasteiger partial charge in [0.15, 0.2) is 0 Å². The number of carbonyl (C=O) groups is 2. The van der Waals surface area contributed by atoms with Crippen molar-refractivity contribution in [3.8, 4) is 5.75 Å². The lowest BCUT2D eigenvalue weighted by molar-refractivity contribution is -0.137. The van der Waals surface area contributed by atoms with Crippen molar-refractivity contribution in [2.45, 2.75) is 38.5 Å². The number of hydrogen-bond donors (Lipinski definition) is 2. The first kappa shape index (κ1) is 23.6. The molecule has 1 heterocycles. The molecule has 2 aromatic rings. The van der Waals surface area contributed by atoms with E-state index in [1.54, 1.807) is 17.0 Å². The smallest absolute Gasteiger partial charge is 0.416 e. The number of ether oxygens (including phenoxy) is 1. The van der Waals surface area contributed by atoms with Crippen molar-refractivity contribution in [3.63, 3.8) is 0 Å². The number of carboxylic acids is 1. The number of rotatable bonds is 3. The molecule has 0 spiro atoms. The predicted molar refractivity (Wildman–Crippen MR) is 111 cm³/mol. The summed E-state index contributed by atoms with van der Waals surface area (Å²) < 4.78 is 45.2. The highest BCUT2D eigenvalue weighted by atomic mass is 19.4. The monoisotopic (exact) mass is 450 g/mol. The van der Waals surface area contributed by atoms with Crippen molar-refractivity contribution < 1.29 is 32.6 Å². The Kier molecular flexibility index (Phi) is 7.74. The van der Waals surface area contributed by atoms with Gasteiger partial charge in [0.25, 0.3) is 0 Å². The number of halogens is 3. The fourth-order valence-electron chi connectivity index (χ4n) is 3.54. The molecule has 0 saturated heterocycles. The predicted octanol–water partition coefficient (Wildman–Crippen LogP) is 4.08. The Morgan fingerprint density at radius 2 is 1.91 bits per heavy atom. The molecular weight excluding hydrogens is 425 g/mol. The molecule has 0 fully saturated rings. The highest BCUT2D eigenvalue weighted by Crippen LogP contribution is 2.30. The van der Waals surface area contributed by atoms with Gasteiger partial charge in [-0.2, -0.15) is 13.2 Å². The fraction of sp³-hybridized carbons (Fsp3) is 0.391. The van der Waals surface area contributed by atoms with Gasteiger partial charge in [-0.15, -0.1) is 0 Å². The van der Waals surface area contributed by atoms with E-state index < -0.39 is 17.7 Å². The van der Waals surface area contributed by atoms with E-state index in [9.17, 15) is 27.9 Å². The first-order valence-corrected chi connectivity index (χ1v) is 10.4. The third-order valence-electron chi connectivity index (χ3n) is 5.14. The summed E-state index contributed by atoms with van der Waals surface area (Å²) in [4.78, 5) is 25.5. The molecule has 0 bridgehead atoms. The molecule has 1 aliphatic rings. The fourth-order valence-corrected chi connectivity index (χ4v) is 3.54. The van der Waals surface area contributed by atoms with Gasteiger partial charge in [0, 0.05) is 25.2 Å². The summed E-state index contributed by atoms with van der Waals surface area (Å²) in [5.41, 5.74) is 0.408. The standard InChI is InChI=1S/C23H25F3N2O4/c24-23(25,26)19-6-4-5-16(11-19)13-28-14-18-8-7-17(22(30)31)12-20(18)32-10-3-1-2-9-27-21(29)15-28/h4-8,11-12H,1-3,9-10,13-15H2,(H,27,29)(H,30,31). The Hall–Kier alpha value is -3.07. The lowest BCUT2D eigenvalue weighted by Crippen LogP contribution is -2.37. The Morgan fingerprint density at radius 3 is 2.66 bits per heavy atom. The van der Waals surface area contributed by atoms with Crippen LogP contribution in [0.2, 0.25) is 0 Å². The molecule has 0 aromatic heterocycles. The largest absolute Gasteiger partial charge is 0.493 e. The molecule has 1 aliphatic heterocycles. The normalized spacial score (nSPS) is 16.5. The molecule has 6 nitrogen and oxygen atoms in total. The van der Waals surface area contributed by atoms with Crippen molar-refractivity contribution in [3.05, 3.63) is 64.7 Å². The minimum Gasteiger partial charge on any atom is -0.493 e. The van der Waals surface area contributed by atoms with Crippen LogP contribution in [-0.4, -0.2) is 41.6 Å². The van der Waals surface area contributed by atoms with Gasteiger partial charge < -0.3 is 15.2 Å². The van der Waals surface area contributed by atoms with E-state index in [1.165, 1.54) is 18.2 Å². The molecule has 3 rings (SSSR count). The summed E-state index contributed by atoms with van der Waals surface area (Å²) in [6.07, 6.45) is -2.10. The van der Waals surface area contributed by atoms with Gasteiger partial charge in [-0.3, -0.25) is 9.69 Å². The molecule has 0 saturated carbocycles. The van der Waals surface area contributed by atoms with Crippen LogP contribution in [0.4, 0.5) is 13.2 Å². The number of benzene rings is 2. The molecule has 2 aromatic carbocycles. The highest BCUT2D eigenvalue weighted by molar-refractivity contribution is 5.88. The van der Waals surface area contributed by atoms with E-state index in [0.717, 1.165) is 31.4 Å². The van der Waals surface area contributed by atoms with Crippen LogP contribution in [0.1, 0.15) is 46.3 Å². The van der Waals surface area contributed by atoms with Gasteiger partial charge in [0.05, 0.1) is 24.3 Å². The van der Waals surface area contributed by atoms with Crippen LogP contribution in [0, 0.1) is 0 Å². The number of carbonyl (C=O) groups excluding carboxylic acids is 1. The Bertz CT molecular complexity index is 962. The number of alkyl halides is 3. The molecule has 2 N–H and O–H groups in total. The van der Waals surface area contributed by atoms with E-state index in [0.29, 0.717) is 30.0 Å². The van der Waals surface area contributed by atoms with E-state index in [-0.39, 0.29) is 31.1 Å². The van der Waals surface area contributed by atoms with Crippen LogP contribution >= 0.6 is 0 Å². The van der Waals surface area contributed by atoms with E-state index >= 15 is 0 Å². The van der Waals surface area contributed by atoms with E-state index in [1.807, 2.05) is 0 Å². The SMILES string of the molecule is O=C1CN(Cc2cccc(C(F)(F)F)c2)Cc2ccc(C(=O)O)cc2OCCCCCN1. The second-order valence-corrected chi connectivity index (χ2v) is 7.73. The van der Waals surface area contributed by atoms with Crippen LogP contribution in [0.3, 0.4) is 0 Å². The van der Waals surface area contributed by atoms with Crippen molar-refractivity contribution in [1.82, 2.24) is 10.2 Å². The number of carboxylic acid groups (broad SMARTS) is 1. The molecule has 32 heavy (non-hydrogen) atoms. The molecule has 0 radical (unpaired) electrons. The molecule has 0 aliphatic carbocycles. The number of nitrogens with zero attached hydrogens (tertiary/aromatic N) is 1. The first-order chi connectivity index (χ1) is 15.2. The molecule has 9 heteroatoms. The second kappa shape index (κ2) is 10.5. The maximum atomic E-state index is 13.1. The Morgan fingerprint density at radius 1 is 1.09 bits per heavy atom. The lowest BCUT2D eigenvalue weighted by Gasteiger charge is -2.24. The van der Waals surface area contributed by atoms with E-state index in [4.69, 9.17) is 4.74 Å². The third kappa shape index (κ3) is 6.71. The van der Waals surface area contributed by atoms with Crippen molar-refractivity contribution in [2.24, 2.45) is 0 Å². The lowest BCUT2D eigenvalue weighted by atomic mass is 10.1. The van der Waals surface area contributed by atoms with Gasteiger partial charge in [-0.25, -0.2) is 4.79 Å². The summed E-state index contributed by atoms with van der Waals surface area (Å²) in [5.74, 6) is -0.904. The minimum atomic E-state index is -4.46. The van der Waals surface area contributed by atoms with Crippen molar-refractivity contribution >= 4 is 11.9 Å². The molecule has 0 atom stereocenters. The zero-order valence-corrected chi connectivity index (χ0v) is 17.5. The van der Waals surface area contributed by atoms with Crippen LogP contribution in [-0.2, 0) is 24.1 Å².